The van der Waals surface area contributed by atoms with Gasteiger partial charge < -0.3 is 14.4 Å². The molecule has 0 spiro atoms. The predicted octanol–water partition coefficient (Wildman–Crippen LogP) is 2.99. The van der Waals surface area contributed by atoms with Gasteiger partial charge in [0.25, 0.3) is 5.91 Å². The van der Waals surface area contributed by atoms with Gasteiger partial charge in [-0.1, -0.05) is 11.2 Å². The van der Waals surface area contributed by atoms with Crippen LogP contribution in [0.3, 0.4) is 0 Å². The van der Waals surface area contributed by atoms with Crippen LogP contribution in [0.1, 0.15) is 16.1 Å². The van der Waals surface area contributed by atoms with Crippen molar-refractivity contribution in [3.8, 4) is 17.0 Å². The molecule has 0 aliphatic rings. The first kappa shape index (κ1) is 16.6. The Morgan fingerprint density at radius 1 is 1.19 bits per heavy atom. The molecule has 7 nitrogen and oxygen atoms in total. The molecule has 0 atom stereocenters. The topological polar surface area (TPSA) is 85.8 Å². The maximum absolute atomic E-state index is 14.3. The molecule has 0 fully saturated rings. The van der Waals surface area contributed by atoms with Gasteiger partial charge in [0.05, 0.1) is 12.0 Å². The smallest absolute Gasteiger partial charge is 0.273 e. The van der Waals surface area contributed by atoms with Crippen molar-refractivity contribution in [3.05, 3.63) is 84.6 Å². The highest BCUT2D eigenvalue weighted by atomic mass is 19.1. The first-order chi connectivity index (χ1) is 13.2. The minimum absolute atomic E-state index is 0.143. The number of carbonyl (C=O) groups is 1. The van der Waals surface area contributed by atoms with Crippen LogP contribution in [0.25, 0.3) is 17.0 Å². The fourth-order valence-corrected chi connectivity index (χ4v) is 2.57. The number of rotatable bonds is 5. The van der Waals surface area contributed by atoms with Crippen LogP contribution in [-0.4, -0.2) is 25.6 Å². The second-order valence-electron chi connectivity index (χ2n) is 5.76. The number of carbonyl (C=O) groups excluding carboxylic acids is 1. The number of nitrogens with one attached hydrogen (secondary N) is 1. The second kappa shape index (κ2) is 7.20. The van der Waals surface area contributed by atoms with Crippen molar-refractivity contribution in [1.29, 1.82) is 0 Å². The lowest BCUT2D eigenvalue weighted by molar-refractivity contribution is 0.0942. The fraction of sp³-hybridized carbons (Fsp3) is 0.0526. The Hall–Kier alpha value is -3.81. The molecular formula is C19H14FN5O2. The first-order valence-electron chi connectivity index (χ1n) is 8.13. The van der Waals surface area contributed by atoms with Gasteiger partial charge in [0.15, 0.2) is 11.5 Å². The third kappa shape index (κ3) is 3.59. The molecule has 3 aromatic heterocycles. The molecule has 0 bridgehead atoms. The lowest BCUT2D eigenvalue weighted by Gasteiger charge is -2.07. The molecule has 0 aliphatic heterocycles. The van der Waals surface area contributed by atoms with Crippen LogP contribution < -0.4 is 5.32 Å². The number of amides is 1. The van der Waals surface area contributed by atoms with Crippen molar-refractivity contribution in [2.45, 2.75) is 6.54 Å². The van der Waals surface area contributed by atoms with E-state index in [1.807, 2.05) is 0 Å². The highest BCUT2D eigenvalue weighted by Crippen LogP contribution is 2.19. The molecule has 4 aromatic rings. The standard InChI is InChI=1S/C19H14FN5O2/c20-15-8-13(3-4-17(15)25-7-6-22-12-25)10-23-19(26)16-9-18(27-24-16)14-2-1-5-21-11-14/h1-9,11-12H,10H2,(H,23,26). The van der Waals surface area contributed by atoms with E-state index < -0.39 is 11.7 Å². The molecule has 4 rings (SSSR count). The number of hydrogen-bond donors (Lipinski definition) is 1. The lowest BCUT2D eigenvalue weighted by Crippen LogP contribution is -2.23. The van der Waals surface area contributed by atoms with Gasteiger partial charge in [0.2, 0.25) is 0 Å². The maximum Gasteiger partial charge on any atom is 0.273 e. The fourth-order valence-electron chi connectivity index (χ4n) is 2.57. The van der Waals surface area contributed by atoms with Gasteiger partial charge in [-0.25, -0.2) is 9.37 Å². The highest BCUT2D eigenvalue weighted by molar-refractivity contribution is 5.93. The molecule has 0 saturated heterocycles. The average Bonchev–Trinajstić information content (AvgIpc) is 3.39. The van der Waals surface area contributed by atoms with Crippen molar-refractivity contribution in [2.75, 3.05) is 0 Å². The molecule has 134 valence electrons. The molecule has 0 saturated carbocycles. The van der Waals surface area contributed by atoms with Crippen LogP contribution in [0, 0.1) is 5.82 Å². The average molecular weight is 363 g/mol. The Labute approximate surface area is 153 Å². The molecule has 0 radical (unpaired) electrons. The van der Waals surface area contributed by atoms with E-state index in [-0.39, 0.29) is 12.2 Å². The van der Waals surface area contributed by atoms with E-state index in [0.29, 0.717) is 17.0 Å². The van der Waals surface area contributed by atoms with Gasteiger partial charge in [0, 0.05) is 43.0 Å². The summed E-state index contributed by atoms with van der Waals surface area (Å²) in [6, 6.07) is 9.85. The number of aromatic nitrogens is 4. The molecule has 1 aromatic carbocycles. The number of benzene rings is 1. The number of imidazole rings is 1. The minimum Gasteiger partial charge on any atom is -0.355 e. The Kier molecular flexibility index (Phi) is 4.44. The van der Waals surface area contributed by atoms with Crippen molar-refractivity contribution in [3.63, 3.8) is 0 Å². The van der Waals surface area contributed by atoms with Crippen LogP contribution in [0.2, 0.25) is 0 Å². The van der Waals surface area contributed by atoms with Gasteiger partial charge in [-0.3, -0.25) is 9.78 Å². The van der Waals surface area contributed by atoms with Crippen LogP contribution in [0.15, 0.2) is 72.0 Å². The van der Waals surface area contributed by atoms with E-state index >= 15 is 0 Å². The quantitative estimate of drug-likeness (QED) is 0.589. The molecule has 27 heavy (non-hydrogen) atoms. The summed E-state index contributed by atoms with van der Waals surface area (Å²) in [5, 5.41) is 6.47. The number of hydrogen-bond acceptors (Lipinski definition) is 5. The van der Waals surface area contributed by atoms with E-state index in [1.165, 1.54) is 18.5 Å². The summed E-state index contributed by atoms with van der Waals surface area (Å²) in [4.78, 5) is 20.1. The molecule has 0 unspecified atom stereocenters. The second-order valence-corrected chi connectivity index (χ2v) is 5.76. The van der Waals surface area contributed by atoms with Crippen molar-refractivity contribution >= 4 is 5.91 Å². The predicted molar refractivity (Wildman–Crippen MR) is 94.4 cm³/mol. The minimum atomic E-state index is -0.409. The Morgan fingerprint density at radius 3 is 2.85 bits per heavy atom. The van der Waals surface area contributed by atoms with E-state index in [0.717, 1.165) is 5.56 Å². The summed E-state index contributed by atoms with van der Waals surface area (Å²) < 4.78 is 21.0. The maximum atomic E-state index is 14.3. The summed E-state index contributed by atoms with van der Waals surface area (Å²) in [6.07, 6.45) is 8.01. The molecular weight excluding hydrogens is 349 g/mol. The molecule has 0 aliphatic carbocycles. The van der Waals surface area contributed by atoms with E-state index in [9.17, 15) is 9.18 Å². The summed E-state index contributed by atoms with van der Waals surface area (Å²) in [7, 11) is 0. The van der Waals surface area contributed by atoms with Gasteiger partial charge in [-0.05, 0) is 29.8 Å². The lowest BCUT2D eigenvalue weighted by atomic mass is 10.2. The zero-order chi connectivity index (χ0) is 18.6. The number of nitrogens with zero attached hydrogens (tertiary/aromatic N) is 4. The molecule has 8 heteroatoms. The Balaban J connectivity index is 1.42. The summed E-state index contributed by atoms with van der Waals surface area (Å²) in [5.41, 5.74) is 1.88. The third-order valence-corrected chi connectivity index (χ3v) is 3.94. The monoisotopic (exact) mass is 363 g/mol. The Bertz CT molecular complexity index is 1060. The molecule has 1 amide bonds. The molecule has 3 heterocycles. The van der Waals surface area contributed by atoms with Crippen LogP contribution in [0.5, 0.6) is 0 Å². The SMILES string of the molecule is O=C(NCc1ccc(-n2ccnc2)c(F)c1)c1cc(-c2cccnc2)on1. The van der Waals surface area contributed by atoms with Crippen molar-refractivity contribution in [1.82, 2.24) is 25.0 Å². The van der Waals surface area contributed by atoms with Gasteiger partial charge >= 0.3 is 0 Å². The van der Waals surface area contributed by atoms with Gasteiger partial charge in [-0.15, -0.1) is 0 Å². The van der Waals surface area contributed by atoms with Crippen LogP contribution in [-0.2, 0) is 6.54 Å². The summed E-state index contributed by atoms with van der Waals surface area (Å²) in [5.74, 6) is -0.364. The van der Waals surface area contributed by atoms with Crippen molar-refractivity contribution < 1.29 is 13.7 Å². The summed E-state index contributed by atoms with van der Waals surface area (Å²) >= 11 is 0. The van der Waals surface area contributed by atoms with Crippen LogP contribution in [0.4, 0.5) is 4.39 Å². The van der Waals surface area contributed by atoms with E-state index in [2.05, 4.69) is 20.4 Å². The van der Waals surface area contributed by atoms with E-state index in [1.54, 1.807) is 53.6 Å². The van der Waals surface area contributed by atoms with Crippen LogP contribution >= 0.6 is 0 Å². The van der Waals surface area contributed by atoms with E-state index in [4.69, 9.17) is 4.52 Å². The Morgan fingerprint density at radius 2 is 2.11 bits per heavy atom. The summed E-state index contributed by atoms with van der Waals surface area (Å²) in [6.45, 7) is 0.162. The third-order valence-electron chi connectivity index (χ3n) is 3.94. The largest absolute Gasteiger partial charge is 0.355 e. The highest BCUT2D eigenvalue weighted by Gasteiger charge is 2.14. The molecule has 1 N–H and O–H groups in total. The van der Waals surface area contributed by atoms with Gasteiger partial charge in [0.1, 0.15) is 5.82 Å². The normalized spacial score (nSPS) is 10.7. The van der Waals surface area contributed by atoms with Gasteiger partial charge in [-0.2, -0.15) is 0 Å². The number of halogens is 1. The first-order valence-corrected chi connectivity index (χ1v) is 8.13. The zero-order valence-corrected chi connectivity index (χ0v) is 14.0. The number of pyridine rings is 1. The van der Waals surface area contributed by atoms with Crippen molar-refractivity contribution in [2.24, 2.45) is 0 Å². The zero-order valence-electron chi connectivity index (χ0n) is 14.0.